The Kier molecular flexibility index (Phi) is 5.88. The Balaban J connectivity index is 1.64. The van der Waals surface area contributed by atoms with Crippen LogP contribution in [0.5, 0.6) is 0 Å². The van der Waals surface area contributed by atoms with Gasteiger partial charge < -0.3 is 14.6 Å². The van der Waals surface area contributed by atoms with Gasteiger partial charge in [-0.25, -0.2) is 4.79 Å². The first-order valence-electron chi connectivity index (χ1n) is 9.64. The maximum atomic E-state index is 12.3. The van der Waals surface area contributed by atoms with Crippen molar-refractivity contribution in [3.63, 3.8) is 0 Å². The monoisotopic (exact) mass is 391 g/mol. The smallest absolute Gasteiger partial charge is 0.349 e. The van der Waals surface area contributed by atoms with Gasteiger partial charge in [-0.1, -0.05) is 17.7 Å². The molecule has 0 saturated heterocycles. The molecule has 1 fully saturated rings. The number of amides is 1. The zero-order valence-electron chi connectivity index (χ0n) is 17.2. The van der Waals surface area contributed by atoms with Crippen molar-refractivity contribution < 1.29 is 14.3 Å². The largest absolute Gasteiger partial charge is 0.451 e. The van der Waals surface area contributed by atoms with Crippen LogP contribution < -0.4 is 5.32 Å². The topological polar surface area (TPSA) is 84.1 Å². The summed E-state index contributed by atoms with van der Waals surface area (Å²) in [7, 11) is 0. The summed E-state index contributed by atoms with van der Waals surface area (Å²) in [4.78, 5) is 24.4. The lowest BCUT2D eigenvalue weighted by molar-refractivity contribution is -0.142. The first kappa shape index (κ1) is 20.4. The molecule has 0 radical (unpaired) electrons. The second-order valence-electron chi connectivity index (χ2n) is 7.54. The highest BCUT2D eigenvalue weighted by molar-refractivity contribution is 6.00. The van der Waals surface area contributed by atoms with Crippen LogP contribution in [0.2, 0.25) is 0 Å². The number of rotatable bonds is 6. The second kappa shape index (κ2) is 8.36. The Labute approximate surface area is 170 Å². The molecule has 1 aromatic heterocycles. The van der Waals surface area contributed by atoms with Gasteiger partial charge >= 0.3 is 5.97 Å². The van der Waals surface area contributed by atoms with E-state index in [1.54, 1.807) is 6.07 Å². The van der Waals surface area contributed by atoms with Crippen LogP contribution in [-0.2, 0) is 14.3 Å². The standard InChI is InChI=1S/C23H25N3O3/c1-14-5-8-21(15(2)9-14)25-22(27)13-29-23(28)19(12-24)11-18-10-16(3)26(17(18)4)20-6-7-20/h5,8-11,20H,6-7,13H2,1-4H3,(H,25,27)/b19-11+. The van der Waals surface area contributed by atoms with Gasteiger partial charge in [0.15, 0.2) is 6.61 Å². The minimum atomic E-state index is -0.806. The predicted octanol–water partition coefficient (Wildman–Crippen LogP) is 4.15. The number of carbonyl (C=O) groups is 2. The van der Waals surface area contributed by atoms with Crippen LogP contribution in [-0.4, -0.2) is 23.1 Å². The Morgan fingerprint density at radius 1 is 1.24 bits per heavy atom. The molecule has 1 heterocycles. The highest BCUT2D eigenvalue weighted by Crippen LogP contribution is 2.38. The molecule has 6 heteroatoms. The number of hydrogen-bond acceptors (Lipinski definition) is 4. The molecule has 0 unspecified atom stereocenters. The van der Waals surface area contributed by atoms with Crippen molar-refractivity contribution in [1.82, 2.24) is 4.57 Å². The number of carbonyl (C=O) groups excluding carboxylic acids is 2. The van der Waals surface area contributed by atoms with Gasteiger partial charge in [0.25, 0.3) is 5.91 Å². The molecule has 0 atom stereocenters. The molecule has 1 aliphatic carbocycles. The summed E-state index contributed by atoms with van der Waals surface area (Å²) < 4.78 is 7.29. The van der Waals surface area contributed by atoms with Gasteiger partial charge in [0, 0.05) is 23.1 Å². The van der Waals surface area contributed by atoms with Crippen LogP contribution in [0.15, 0.2) is 29.8 Å². The van der Waals surface area contributed by atoms with Gasteiger partial charge in [-0.2, -0.15) is 5.26 Å². The summed E-state index contributed by atoms with van der Waals surface area (Å²) in [5.74, 6) is -1.26. The second-order valence-corrected chi connectivity index (χ2v) is 7.54. The lowest BCUT2D eigenvalue weighted by Crippen LogP contribution is -2.21. The van der Waals surface area contributed by atoms with E-state index < -0.39 is 18.5 Å². The third-order valence-corrected chi connectivity index (χ3v) is 5.07. The molecule has 3 rings (SSSR count). The van der Waals surface area contributed by atoms with E-state index in [0.717, 1.165) is 40.9 Å². The zero-order chi connectivity index (χ0) is 21.1. The van der Waals surface area contributed by atoms with Crippen LogP contribution in [0.4, 0.5) is 5.69 Å². The summed E-state index contributed by atoms with van der Waals surface area (Å²) >= 11 is 0. The van der Waals surface area contributed by atoms with Crippen LogP contribution in [0, 0.1) is 39.0 Å². The number of esters is 1. The average Bonchev–Trinajstić information content (AvgIpc) is 3.46. The molecule has 29 heavy (non-hydrogen) atoms. The minimum Gasteiger partial charge on any atom is -0.451 e. The van der Waals surface area contributed by atoms with E-state index in [2.05, 4.69) is 9.88 Å². The van der Waals surface area contributed by atoms with Crippen molar-refractivity contribution in [1.29, 1.82) is 5.26 Å². The van der Waals surface area contributed by atoms with E-state index in [1.807, 2.05) is 52.0 Å². The van der Waals surface area contributed by atoms with Gasteiger partial charge in [0.1, 0.15) is 11.6 Å². The van der Waals surface area contributed by atoms with E-state index in [4.69, 9.17) is 4.74 Å². The fraction of sp³-hybridized carbons (Fsp3) is 0.348. The van der Waals surface area contributed by atoms with Crippen molar-refractivity contribution in [2.24, 2.45) is 0 Å². The van der Waals surface area contributed by atoms with E-state index >= 15 is 0 Å². The summed E-state index contributed by atoms with van der Waals surface area (Å²) in [6, 6.07) is 10.0. The first-order chi connectivity index (χ1) is 13.8. The predicted molar refractivity (Wildman–Crippen MR) is 111 cm³/mol. The summed E-state index contributed by atoms with van der Waals surface area (Å²) in [6.45, 7) is 7.41. The number of nitrogens with one attached hydrogen (secondary N) is 1. The zero-order valence-corrected chi connectivity index (χ0v) is 17.2. The first-order valence-corrected chi connectivity index (χ1v) is 9.64. The fourth-order valence-corrected chi connectivity index (χ4v) is 3.48. The summed E-state index contributed by atoms with van der Waals surface area (Å²) in [5, 5.41) is 12.1. The fourth-order valence-electron chi connectivity index (χ4n) is 3.48. The van der Waals surface area contributed by atoms with Gasteiger partial charge in [-0.05, 0) is 69.9 Å². The highest BCUT2D eigenvalue weighted by atomic mass is 16.5. The number of aromatic nitrogens is 1. The molecular weight excluding hydrogens is 366 g/mol. The molecule has 2 aromatic rings. The lowest BCUT2D eigenvalue weighted by Gasteiger charge is -2.09. The number of nitrogens with zero attached hydrogens (tertiary/aromatic N) is 2. The van der Waals surface area contributed by atoms with Gasteiger partial charge in [0.05, 0.1) is 0 Å². The van der Waals surface area contributed by atoms with Crippen LogP contribution in [0.1, 0.15) is 47.0 Å². The molecule has 0 bridgehead atoms. The Morgan fingerprint density at radius 2 is 1.97 bits per heavy atom. The lowest BCUT2D eigenvalue weighted by atomic mass is 10.1. The highest BCUT2D eigenvalue weighted by Gasteiger charge is 2.27. The van der Waals surface area contributed by atoms with Gasteiger partial charge in [-0.3, -0.25) is 4.79 Å². The third kappa shape index (κ3) is 4.75. The minimum absolute atomic E-state index is 0.125. The van der Waals surface area contributed by atoms with E-state index in [-0.39, 0.29) is 5.57 Å². The molecule has 1 saturated carbocycles. The molecule has 1 aromatic carbocycles. The van der Waals surface area contributed by atoms with E-state index in [9.17, 15) is 14.9 Å². The van der Waals surface area contributed by atoms with Crippen LogP contribution >= 0.6 is 0 Å². The maximum absolute atomic E-state index is 12.3. The molecule has 0 spiro atoms. The molecule has 1 amide bonds. The molecule has 1 N–H and O–H groups in total. The van der Waals surface area contributed by atoms with Crippen molar-refractivity contribution in [2.75, 3.05) is 11.9 Å². The Morgan fingerprint density at radius 3 is 2.59 bits per heavy atom. The van der Waals surface area contributed by atoms with E-state index in [1.165, 1.54) is 6.08 Å². The number of hydrogen-bond donors (Lipinski definition) is 1. The Hall–Kier alpha value is -3.33. The SMILES string of the molecule is Cc1ccc(NC(=O)COC(=O)/C(C#N)=C/c2cc(C)n(C3CC3)c2C)c(C)c1. The number of benzene rings is 1. The molecule has 6 nitrogen and oxygen atoms in total. The molecule has 0 aliphatic heterocycles. The van der Waals surface area contributed by atoms with E-state index in [0.29, 0.717) is 11.7 Å². The summed E-state index contributed by atoms with van der Waals surface area (Å²) in [5.41, 5.74) is 5.51. The Bertz CT molecular complexity index is 1040. The molecule has 1 aliphatic rings. The summed E-state index contributed by atoms with van der Waals surface area (Å²) in [6.07, 6.45) is 3.84. The molecule has 150 valence electrons. The van der Waals surface area contributed by atoms with Crippen LogP contribution in [0.25, 0.3) is 6.08 Å². The van der Waals surface area contributed by atoms with Crippen molar-refractivity contribution in [3.05, 3.63) is 57.9 Å². The normalized spacial score (nSPS) is 13.7. The molecular formula is C23H25N3O3. The number of anilines is 1. The van der Waals surface area contributed by atoms with Gasteiger partial charge in [-0.15, -0.1) is 0 Å². The van der Waals surface area contributed by atoms with Crippen LogP contribution in [0.3, 0.4) is 0 Å². The third-order valence-electron chi connectivity index (χ3n) is 5.07. The maximum Gasteiger partial charge on any atom is 0.349 e. The van der Waals surface area contributed by atoms with Crippen molar-refractivity contribution >= 4 is 23.6 Å². The number of ether oxygens (including phenoxy) is 1. The van der Waals surface area contributed by atoms with Crippen molar-refractivity contribution in [2.45, 2.75) is 46.6 Å². The van der Waals surface area contributed by atoms with Gasteiger partial charge in [0.2, 0.25) is 0 Å². The average molecular weight is 391 g/mol. The number of aryl methyl sites for hydroxylation is 3. The quantitative estimate of drug-likeness (QED) is 0.455. The van der Waals surface area contributed by atoms with Crippen molar-refractivity contribution in [3.8, 4) is 6.07 Å². The number of nitriles is 1.